The molecule has 2 N–H and O–H groups in total. The van der Waals surface area contributed by atoms with Gasteiger partial charge in [-0.05, 0) is 51.4 Å². The first-order valence-electron chi connectivity index (χ1n) is 12.5. The molecule has 1 spiro atoms. The molecular weight excluding hydrogens is 460 g/mol. The number of amides is 3. The van der Waals surface area contributed by atoms with Crippen LogP contribution in [-0.2, 0) is 29.1 Å². The topological polar surface area (TPSA) is 125 Å². The highest BCUT2D eigenvalue weighted by atomic mass is 32.2. The summed E-state index contributed by atoms with van der Waals surface area (Å²) in [4.78, 5) is 40.4. The van der Waals surface area contributed by atoms with Crippen LogP contribution >= 0.6 is 0 Å². The quantitative estimate of drug-likeness (QED) is 0.581. The molecule has 0 aromatic rings. The number of ether oxygens (including phenoxy) is 1. The van der Waals surface area contributed by atoms with Crippen molar-refractivity contribution in [2.24, 2.45) is 11.3 Å². The van der Waals surface area contributed by atoms with Crippen molar-refractivity contribution >= 4 is 27.7 Å². The second-order valence-electron chi connectivity index (χ2n) is 10.0. The van der Waals surface area contributed by atoms with E-state index < -0.39 is 21.5 Å². The van der Waals surface area contributed by atoms with Crippen molar-refractivity contribution in [3.63, 3.8) is 0 Å². The van der Waals surface area contributed by atoms with E-state index in [1.165, 1.54) is 10.6 Å². The molecule has 0 saturated carbocycles. The molecule has 0 bridgehead atoms. The Morgan fingerprint density at radius 1 is 1.06 bits per heavy atom. The summed E-state index contributed by atoms with van der Waals surface area (Å²) in [5.74, 6) is -0.0513. The maximum absolute atomic E-state index is 13.3. The van der Waals surface area contributed by atoms with E-state index in [0.717, 1.165) is 12.8 Å². The van der Waals surface area contributed by atoms with E-state index in [1.54, 1.807) is 6.92 Å². The van der Waals surface area contributed by atoms with Crippen LogP contribution in [0.1, 0.15) is 58.3 Å². The molecule has 0 aromatic carbocycles. The summed E-state index contributed by atoms with van der Waals surface area (Å²) in [7, 11) is -3.18. The molecule has 194 valence electrons. The third kappa shape index (κ3) is 7.14. The Kier molecular flexibility index (Phi) is 9.34. The summed E-state index contributed by atoms with van der Waals surface area (Å²) >= 11 is 0. The zero-order chi connectivity index (χ0) is 24.8. The molecular formula is C23H40N4O6S. The van der Waals surface area contributed by atoms with Gasteiger partial charge in [0, 0.05) is 45.8 Å². The lowest BCUT2D eigenvalue weighted by molar-refractivity contribution is -0.143. The molecule has 0 unspecified atom stereocenters. The lowest BCUT2D eigenvalue weighted by atomic mass is 9.73. The predicted octanol–water partition coefficient (Wildman–Crippen LogP) is 0.478. The van der Waals surface area contributed by atoms with E-state index in [2.05, 4.69) is 10.6 Å². The summed E-state index contributed by atoms with van der Waals surface area (Å²) in [5.41, 5.74) is -0.583. The summed E-state index contributed by atoms with van der Waals surface area (Å²) in [6.07, 6.45) is 6.61. The molecule has 0 aliphatic carbocycles. The van der Waals surface area contributed by atoms with Crippen molar-refractivity contribution in [1.82, 2.24) is 19.8 Å². The van der Waals surface area contributed by atoms with Crippen LogP contribution in [-0.4, -0.2) is 93.6 Å². The van der Waals surface area contributed by atoms with Gasteiger partial charge >= 0.3 is 0 Å². The standard InChI is InChI=1S/C23H40N4O6S/c1-18-21(29)24-10-16-33-15-4-3-7-23(22(30)25-18)8-13-26(14-9-23)20(28)17-19-5-11-27(12-6-19)34(2,31)32/h18-19H,3-17H2,1-2H3,(H,24,29)(H,25,30)/t18-/m0/s1. The van der Waals surface area contributed by atoms with Crippen LogP contribution in [0, 0.1) is 11.3 Å². The summed E-state index contributed by atoms with van der Waals surface area (Å²) < 4.78 is 30.5. The number of likely N-dealkylation sites (tertiary alicyclic amines) is 1. The fourth-order valence-electron chi connectivity index (χ4n) is 5.18. The Balaban J connectivity index is 1.55. The maximum atomic E-state index is 13.3. The first-order chi connectivity index (χ1) is 16.1. The normalized spacial score (nSPS) is 26.6. The number of piperidine rings is 2. The average Bonchev–Trinajstić information content (AvgIpc) is 2.80. The SMILES string of the molecule is C[C@@H]1NC(=O)C2(CCCCOCCNC1=O)CCN(C(=O)CC1CCN(S(C)(=O)=O)CC1)CC2. The zero-order valence-corrected chi connectivity index (χ0v) is 21.3. The van der Waals surface area contributed by atoms with Crippen LogP contribution in [0.25, 0.3) is 0 Å². The van der Waals surface area contributed by atoms with Crippen molar-refractivity contribution in [3.8, 4) is 0 Å². The van der Waals surface area contributed by atoms with Crippen LogP contribution in [0.5, 0.6) is 0 Å². The Hall–Kier alpha value is -1.72. The van der Waals surface area contributed by atoms with E-state index in [1.807, 2.05) is 4.90 Å². The Bertz CT molecular complexity index is 832. The van der Waals surface area contributed by atoms with Gasteiger partial charge in [0.25, 0.3) is 0 Å². The monoisotopic (exact) mass is 500 g/mol. The van der Waals surface area contributed by atoms with Gasteiger partial charge in [-0.15, -0.1) is 0 Å². The molecule has 3 aliphatic heterocycles. The smallest absolute Gasteiger partial charge is 0.242 e. The molecule has 3 rings (SSSR count). The molecule has 34 heavy (non-hydrogen) atoms. The second-order valence-corrected chi connectivity index (χ2v) is 12.0. The zero-order valence-electron chi connectivity index (χ0n) is 20.5. The third-order valence-corrected chi connectivity index (χ3v) is 8.84. The average molecular weight is 501 g/mol. The van der Waals surface area contributed by atoms with Gasteiger partial charge in [-0.3, -0.25) is 14.4 Å². The van der Waals surface area contributed by atoms with Crippen molar-refractivity contribution in [2.75, 3.05) is 52.2 Å². The number of nitrogens with one attached hydrogen (secondary N) is 2. The van der Waals surface area contributed by atoms with Crippen LogP contribution in [0.15, 0.2) is 0 Å². The van der Waals surface area contributed by atoms with E-state index in [4.69, 9.17) is 4.74 Å². The van der Waals surface area contributed by atoms with Crippen molar-refractivity contribution in [2.45, 2.75) is 64.3 Å². The van der Waals surface area contributed by atoms with Crippen LogP contribution in [0.2, 0.25) is 0 Å². The molecule has 0 aromatic heterocycles. The summed E-state index contributed by atoms with van der Waals surface area (Å²) in [6, 6.07) is -0.623. The van der Waals surface area contributed by atoms with Crippen LogP contribution < -0.4 is 10.6 Å². The number of carbonyl (C=O) groups is 3. The Morgan fingerprint density at radius 2 is 1.74 bits per heavy atom. The highest BCUT2D eigenvalue weighted by Gasteiger charge is 2.42. The first-order valence-corrected chi connectivity index (χ1v) is 14.3. The minimum absolute atomic E-state index is 0.0823. The van der Waals surface area contributed by atoms with Gasteiger partial charge in [-0.2, -0.15) is 0 Å². The maximum Gasteiger partial charge on any atom is 0.242 e. The molecule has 3 saturated heterocycles. The highest BCUT2D eigenvalue weighted by molar-refractivity contribution is 7.88. The number of carbonyl (C=O) groups excluding carboxylic acids is 3. The largest absolute Gasteiger partial charge is 0.380 e. The van der Waals surface area contributed by atoms with Crippen LogP contribution in [0.4, 0.5) is 0 Å². The number of nitrogens with zero attached hydrogens (tertiary/aromatic N) is 2. The van der Waals surface area contributed by atoms with E-state index in [0.29, 0.717) is 84.5 Å². The van der Waals surface area contributed by atoms with Gasteiger partial charge in [-0.1, -0.05) is 6.42 Å². The fourth-order valence-corrected chi connectivity index (χ4v) is 6.05. The van der Waals surface area contributed by atoms with Crippen molar-refractivity contribution in [3.05, 3.63) is 0 Å². The summed E-state index contributed by atoms with van der Waals surface area (Å²) in [6.45, 7) is 5.15. The first kappa shape index (κ1) is 26.9. The van der Waals surface area contributed by atoms with E-state index in [9.17, 15) is 22.8 Å². The molecule has 0 radical (unpaired) electrons. The molecule has 3 aliphatic rings. The summed E-state index contributed by atoms with van der Waals surface area (Å²) in [5, 5.41) is 5.69. The lowest BCUT2D eigenvalue weighted by Crippen LogP contribution is -2.54. The van der Waals surface area contributed by atoms with Crippen molar-refractivity contribution in [1.29, 1.82) is 0 Å². The molecule has 3 heterocycles. The van der Waals surface area contributed by atoms with E-state index >= 15 is 0 Å². The van der Waals surface area contributed by atoms with Crippen LogP contribution in [0.3, 0.4) is 0 Å². The minimum Gasteiger partial charge on any atom is -0.380 e. The number of sulfonamides is 1. The molecule has 11 heteroatoms. The van der Waals surface area contributed by atoms with Gasteiger partial charge in [0.15, 0.2) is 0 Å². The third-order valence-electron chi connectivity index (χ3n) is 7.54. The highest BCUT2D eigenvalue weighted by Crippen LogP contribution is 2.38. The molecule has 3 fully saturated rings. The lowest BCUT2D eigenvalue weighted by Gasteiger charge is -2.42. The Labute approximate surface area is 203 Å². The molecule has 1 atom stereocenters. The van der Waals surface area contributed by atoms with Gasteiger partial charge in [0.05, 0.1) is 18.3 Å². The van der Waals surface area contributed by atoms with Gasteiger partial charge in [-0.25, -0.2) is 12.7 Å². The predicted molar refractivity (Wildman–Crippen MR) is 127 cm³/mol. The van der Waals surface area contributed by atoms with Gasteiger partial charge in [0.2, 0.25) is 27.7 Å². The fraction of sp³-hybridized carbons (Fsp3) is 0.870. The number of hydrogen-bond donors (Lipinski definition) is 2. The van der Waals surface area contributed by atoms with Gasteiger partial charge < -0.3 is 20.3 Å². The van der Waals surface area contributed by atoms with Crippen molar-refractivity contribution < 1.29 is 27.5 Å². The number of rotatable bonds is 3. The molecule has 10 nitrogen and oxygen atoms in total. The Morgan fingerprint density at radius 3 is 2.38 bits per heavy atom. The van der Waals surface area contributed by atoms with Gasteiger partial charge in [0.1, 0.15) is 6.04 Å². The second kappa shape index (κ2) is 11.8. The van der Waals surface area contributed by atoms with E-state index in [-0.39, 0.29) is 23.6 Å². The molecule has 3 amide bonds. The number of hydrogen-bond acceptors (Lipinski definition) is 6. The minimum atomic E-state index is -3.18.